The molecule has 1 atom stereocenters. The molecule has 0 aromatic heterocycles. The number of nitrogens with zero attached hydrogens (tertiary/aromatic N) is 1. The highest BCUT2D eigenvalue weighted by molar-refractivity contribution is 5.74. The summed E-state index contributed by atoms with van der Waals surface area (Å²) in [4.78, 5) is 13.5. The summed E-state index contributed by atoms with van der Waals surface area (Å²) >= 11 is 0. The Hall–Kier alpha value is -1.69. The van der Waals surface area contributed by atoms with Gasteiger partial charge in [0.15, 0.2) is 0 Å². The number of urea groups is 1. The Labute approximate surface area is 116 Å². The van der Waals surface area contributed by atoms with Gasteiger partial charge in [0.25, 0.3) is 0 Å². The normalized spacial score (nSPS) is 18.4. The van der Waals surface area contributed by atoms with Crippen molar-refractivity contribution in [1.29, 1.82) is 0 Å². The minimum absolute atomic E-state index is 0.0497. The van der Waals surface area contributed by atoms with Gasteiger partial charge < -0.3 is 15.3 Å². The van der Waals surface area contributed by atoms with Crippen LogP contribution < -0.4 is 5.32 Å². The van der Waals surface area contributed by atoms with Crippen molar-refractivity contribution < 1.29 is 18.7 Å². The van der Waals surface area contributed by atoms with E-state index in [-0.39, 0.29) is 37.2 Å². The highest BCUT2D eigenvalue weighted by atomic mass is 19.1. The van der Waals surface area contributed by atoms with Crippen LogP contribution in [0.5, 0.6) is 0 Å². The van der Waals surface area contributed by atoms with Crippen molar-refractivity contribution >= 4 is 6.03 Å². The van der Waals surface area contributed by atoms with Gasteiger partial charge in [-0.1, -0.05) is 0 Å². The number of carbonyl (C=O) groups excluding carboxylic acids is 1. The maximum atomic E-state index is 13.4. The fourth-order valence-electron chi connectivity index (χ4n) is 2.43. The Balaban J connectivity index is 1.83. The van der Waals surface area contributed by atoms with Gasteiger partial charge >= 0.3 is 6.03 Å². The fraction of sp³-hybridized carbons (Fsp3) is 0.500. The quantitative estimate of drug-likeness (QED) is 0.883. The Bertz CT molecular complexity index is 482. The number of aliphatic hydroxyl groups excluding tert-OH is 1. The number of amides is 2. The first-order valence-electron chi connectivity index (χ1n) is 6.71. The molecule has 6 heteroatoms. The molecule has 1 heterocycles. The van der Waals surface area contributed by atoms with Gasteiger partial charge in [-0.15, -0.1) is 0 Å². The van der Waals surface area contributed by atoms with Crippen LogP contribution in [0.2, 0.25) is 0 Å². The summed E-state index contributed by atoms with van der Waals surface area (Å²) in [5.41, 5.74) is 0.241. The molecule has 0 radical (unpaired) electrons. The smallest absolute Gasteiger partial charge is 0.317 e. The number of aliphatic hydroxyl groups is 1. The molecule has 2 rings (SSSR count). The SMILES string of the molecule is O=C(NCCc1cc(F)ccc1F)N1CCCC1CO. The molecule has 4 nitrogen and oxygen atoms in total. The van der Waals surface area contributed by atoms with E-state index < -0.39 is 11.6 Å². The van der Waals surface area contributed by atoms with E-state index in [0.29, 0.717) is 6.54 Å². The molecule has 1 fully saturated rings. The number of benzene rings is 1. The molecule has 1 aliphatic rings. The van der Waals surface area contributed by atoms with Crippen molar-refractivity contribution in [1.82, 2.24) is 10.2 Å². The van der Waals surface area contributed by atoms with E-state index in [9.17, 15) is 13.6 Å². The van der Waals surface area contributed by atoms with Crippen LogP contribution in [0, 0.1) is 11.6 Å². The summed E-state index contributed by atoms with van der Waals surface area (Å²) in [7, 11) is 0. The topological polar surface area (TPSA) is 52.6 Å². The number of nitrogens with one attached hydrogen (secondary N) is 1. The number of hydrogen-bond donors (Lipinski definition) is 2. The number of halogens is 2. The first-order chi connectivity index (χ1) is 9.61. The van der Waals surface area contributed by atoms with Crippen LogP contribution in [0.1, 0.15) is 18.4 Å². The second-order valence-electron chi connectivity index (χ2n) is 4.89. The zero-order valence-corrected chi connectivity index (χ0v) is 11.1. The first-order valence-corrected chi connectivity index (χ1v) is 6.71. The van der Waals surface area contributed by atoms with Crippen molar-refractivity contribution in [2.24, 2.45) is 0 Å². The summed E-state index contributed by atoms with van der Waals surface area (Å²) in [6, 6.07) is 2.87. The molecular formula is C14H18F2N2O2. The predicted octanol–water partition coefficient (Wildman–Crippen LogP) is 1.67. The predicted molar refractivity (Wildman–Crippen MR) is 70.3 cm³/mol. The Morgan fingerprint density at radius 1 is 1.45 bits per heavy atom. The number of rotatable bonds is 4. The number of carbonyl (C=O) groups is 1. The minimum Gasteiger partial charge on any atom is -0.394 e. The molecule has 1 aliphatic heterocycles. The van der Waals surface area contributed by atoms with Crippen molar-refractivity contribution in [3.63, 3.8) is 0 Å². The lowest BCUT2D eigenvalue weighted by Crippen LogP contribution is -2.44. The molecule has 1 saturated heterocycles. The summed E-state index contributed by atoms with van der Waals surface area (Å²) in [6.07, 6.45) is 1.90. The zero-order valence-electron chi connectivity index (χ0n) is 11.1. The van der Waals surface area contributed by atoms with Gasteiger partial charge in [-0.3, -0.25) is 0 Å². The second kappa shape index (κ2) is 6.65. The molecule has 0 spiro atoms. The summed E-state index contributed by atoms with van der Waals surface area (Å²) in [5, 5.41) is 11.8. The van der Waals surface area contributed by atoms with E-state index >= 15 is 0 Å². The maximum absolute atomic E-state index is 13.4. The van der Waals surface area contributed by atoms with E-state index in [1.54, 1.807) is 4.90 Å². The molecule has 20 heavy (non-hydrogen) atoms. The fourth-order valence-corrected chi connectivity index (χ4v) is 2.43. The molecule has 1 aromatic carbocycles. The number of likely N-dealkylation sites (tertiary alicyclic amines) is 1. The van der Waals surface area contributed by atoms with Crippen LogP contribution in [-0.2, 0) is 6.42 Å². The Morgan fingerprint density at radius 2 is 2.25 bits per heavy atom. The lowest BCUT2D eigenvalue weighted by Gasteiger charge is -2.23. The van der Waals surface area contributed by atoms with Crippen LogP contribution in [0.4, 0.5) is 13.6 Å². The summed E-state index contributed by atoms with van der Waals surface area (Å²) < 4.78 is 26.4. The van der Waals surface area contributed by atoms with E-state index in [1.165, 1.54) is 0 Å². The lowest BCUT2D eigenvalue weighted by molar-refractivity contribution is 0.157. The molecule has 0 aliphatic carbocycles. The average molecular weight is 284 g/mol. The molecule has 1 unspecified atom stereocenters. The second-order valence-corrected chi connectivity index (χ2v) is 4.89. The van der Waals surface area contributed by atoms with E-state index in [1.807, 2.05) is 0 Å². The van der Waals surface area contributed by atoms with Crippen LogP contribution in [0.15, 0.2) is 18.2 Å². The average Bonchev–Trinajstić information content (AvgIpc) is 2.91. The molecule has 1 aromatic rings. The van der Waals surface area contributed by atoms with E-state index in [2.05, 4.69) is 5.32 Å². The summed E-state index contributed by atoms with van der Waals surface area (Å²) in [5.74, 6) is -0.970. The monoisotopic (exact) mass is 284 g/mol. The van der Waals surface area contributed by atoms with Crippen molar-refractivity contribution in [3.8, 4) is 0 Å². The van der Waals surface area contributed by atoms with Gasteiger partial charge in [0, 0.05) is 13.1 Å². The van der Waals surface area contributed by atoms with Crippen LogP contribution in [0.3, 0.4) is 0 Å². The standard InChI is InChI=1S/C14H18F2N2O2/c15-11-3-4-13(16)10(8-11)5-6-17-14(20)18-7-1-2-12(18)9-19/h3-4,8,12,19H,1-2,5-7,9H2,(H,17,20). The van der Waals surface area contributed by atoms with Crippen LogP contribution >= 0.6 is 0 Å². The highest BCUT2D eigenvalue weighted by Gasteiger charge is 2.27. The van der Waals surface area contributed by atoms with Crippen molar-refractivity contribution in [2.45, 2.75) is 25.3 Å². The highest BCUT2D eigenvalue weighted by Crippen LogP contribution is 2.16. The van der Waals surface area contributed by atoms with Crippen molar-refractivity contribution in [2.75, 3.05) is 19.7 Å². The molecule has 0 saturated carbocycles. The van der Waals surface area contributed by atoms with Crippen molar-refractivity contribution in [3.05, 3.63) is 35.4 Å². The minimum atomic E-state index is -0.493. The van der Waals surface area contributed by atoms with E-state index in [4.69, 9.17) is 5.11 Å². The first kappa shape index (κ1) is 14.7. The van der Waals surface area contributed by atoms with Gasteiger partial charge in [0.2, 0.25) is 0 Å². The lowest BCUT2D eigenvalue weighted by atomic mass is 10.1. The Morgan fingerprint density at radius 3 is 3.00 bits per heavy atom. The largest absolute Gasteiger partial charge is 0.394 e. The van der Waals surface area contributed by atoms with Crippen LogP contribution in [0.25, 0.3) is 0 Å². The van der Waals surface area contributed by atoms with Gasteiger partial charge in [0.1, 0.15) is 11.6 Å². The third-order valence-electron chi connectivity index (χ3n) is 3.53. The van der Waals surface area contributed by atoms with Crippen LogP contribution in [-0.4, -0.2) is 41.8 Å². The number of hydrogen-bond acceptors (Lipinski definition) is 2. The van der Waals surface area contributed by atoms with Gasteiger partial charge in [0.05, 0.1) is 12.6 Å². The third kappa shape index (κ3) is 3.45. The molecular weight excluding hydrogens is 266 g/mol. The third-order valence-corrected chi connectivity index (χ3v) is 3.53. The van der Waals surface area contributed by atoms with Gasteiger partial charge in [-0.25, -0.2) is 13.6 Å². The molecule has 0 bridgehead atoms. The summed E-state index contributed by atoms with van der Waals surface area (Å²) in [6.45, 7) is 0.797. The maximum Gasteiger partial charge on any atom is 0.317 e. The van der Waals surface area contributed by atoms with E-state index in [0.717, 1.165) is 31.0 Å². The molecule has 110 valence electrons. The Kier molecular flexibility index (Phi) is 4.89. The zero-order chi connectivity index (χ0) is 14.5. The molecule has 2 N–H and O–H groups in total. The molecule has 2 amide bonds. The van der Waals surface area contributed by atoms with Gasteiger partial charge in [-0.05, 0) is 43.0 Å². The van der Waals surface area contributed by atoms with Gasteiger partial charge in [-0.2, -0.15) is 0 Å².